The molecule has 0 amide bonds. The summed E-state index contributed by atoms with van der Waals surface area (Å²) in [6.45, 7) is 6.06. The average Bonchev–Trinajstić information content (AvgIpc) is 3.63. The number of hydrogen-bond donors (Lipinski definition) is 0. The maximum Gasteiger partial charge on any atom is 0.171 e. The molecule has 0 N–H and O–H groups in total. The van der Waals surface area contributed by atoms with E-state index in [-0.39, 0.29) is 0 Å². The zero-order valence-electron chi connectivity index (χ0n) is 29.6. The predicted molar refractivity (Wildman–Crippen MR) is 231 cm³/mol. The Bertz CT molecular complexity index is 3230. The van der Waals surface area contributed by atoms with Gasteiger partial charge in [-0.25, -0.2) is 4.98 Å². The van der Waals surface area contributed by atoms with Gasteiger partial charge in [-0.15, -0.1) is 0 Å². The summed E-state index contributed by atoms with van der Waals surface area (Å²) in [6, 6.07) is 56.3. The van der Waals surface area contributed by atoms with Crippen molar-refractivity contribution >= 4 is 101 Å². The van der Waals surface area contributed by atoms with Gasteiger partial charge in [-0.3, -0.25) is 9.39 Å². The van der Waals surface area contributed by atoms with E-state index in [1.807, 2.05) is 79.7 Å². The summed E-state index contributed by atoms with van der Waals surface area (Å²) >= 11 is 0. The number of fused-ring (bicyclic) bond motifs is 11. The molecule has 2 aromatic heterocycles. The molecule has 10 aromatic rings. The van der Waals surface area contributed by atoms with E-state index in [9.17, 15) is 0 Å². The minimum Gasteiger partial charge on any atom is -0.309 e. The number of aromatic nitrogens is 2. The van der Waals surface area contributed by atoms with Gasteiger partial charge in [-0.05, 0) is 71.1 Å². The summed E-state index contributed by atoms with van der Waals surface area (Å²) in [4.78, 5) is 9.79. The highest BCUT2D eigenvalue weighted by Crippen LogP contribution is 2.48. The number of nitrogens with zero attached hydrogens (tertiary/aromatic N) is 3. The molecule has 0 aliphatic carbocycles. The van der Waals surface area contributed by atoms with Gasteiger partial charge in [0.2, 0.25) is 0 Å². The van der Waals surface area contributed by atoms with E-state index in [0.717, 1.165) is 81.7 Å². The summed E-state index contributed by atoms with van der Waals surface area (Å²) in [7, 11) is -3.37. The first kappa shape index (κ1) is 32.1. The molecule has 4 nitrogen and oxygen atoms in total. The molecule has 0 bridgehead atoms. The van der Waals surface area contributed by atoms with Crippen LogP contribution >= 0.6 is 7.14 Å². The van der Waals surface area contributed by atoms with E-state index in [2.05, 4.69) is 119 Å². The second-order valence-corrected chi connectivity index (χ2v) is 16.5. The van der Waals surface area contributed by atoms with Crippen LogP contribution in [0.4, 0.5) is 5.69 Å². The topological polar surface area (TPSA) is 46.7 Å². The number of imidazole rings is 1. The third-order valence-corrected chi connectivity index (χ3v) is 13.9. The summed E-state index contributed by atoms with van der Waals surface area (Å²) in [6.07, 6.45) is 4.02. The molecule has 0 radical (unpaired) electrons. The lowest BCUT2D eigenvalue weighted by Gasteiger charge is -2.24. The molecule has 10 rings (SSSR count). The quantitative estimate of drug-likeness (QED) is 0.0979. The Kier molecular flexibility index (Phi) is 7.43. The normalized spacial score (nSPS) is 13.1. The fraction of sp³-hybridized carbons (Fsp3) is 0.0204. The Hall–Kier alpha value is -6.61. The van der Waals surface area contributed by atoms with Gasteiger partial charge in [-0.2, -0.15) is 0 Å². The summed E-state index contributed by atoms with van der Waals surface area (Å²) in [5.41, 5.74) is 7.59. The molecule has 1 unspecified atom stereocenters. The first-order valence-electron chi connectivity index (χ1n) is 18.2. The van der Waals surface area contributed by atoms with Gasteiger partial charge in [0.05, 0.1) is 22.2 Å². The van der Waals surface area contributed by atoms with E-state index >= 15 is 4.57 Å². The molecule has 8 aromatic carbocycles. The van der Waals surface area contributed by atoms with Crippen LogP contribution in [-0.2, 0) is 4.57 Å². The van der Waals surface area contributed by atoms with Gasteiger partial charge in [0.25, 0.3) is 0 Å². The maximum absolute atomic E-state index is 15.9. The van der Waals surface area contributed by atoms with Crippen molar-refractivity contribution in [1.29, 1.82) is 0 Å². The van der Waals surface area contributed by atoms with Gasteiger partial charge >= 0.3 is 0 Å². The van der Waals surface area contributed by atoms with Gasteiger partial charge in [0, 0.05) is 43.2 Å². The number of allylic oxidation sites excluding steroid dienone is 1. The highest BCUT2D eigenvalue weighted by Gasteiger charge is 2.33. The van der Waals surface area contributed by atoms with Crippen molar-refractivity contribution in [2.75, 3.05) is 0 Å². The fourth-order valence-corrected chi connectivity index (χ4v) is 11.2. The van der Waals surface area contributed by atoms with Crippen LogP contribution in [0.5, 0.6) is 0 Å². The minimum absolute atomic E-state index is 0.705. The lowest BCUT2D eigenvalue weighted by atomic mass is 9.95. The molecule has 54 heavy (non-hydrogen) atoms. The number of rotatable bonds is 6. The maximum atomic E-state index is 15.9. The zero-order valence-corrected chi connectivity index (χ0v) is 30.5. The van der Waals surface area contributed by atoms with Crippen LogP contribution in [0, 0.1) is 0 Å². The monoisotopic (exact) mass is 711 g/mol. The Labute approximate surface area is 312 Å². The number of aliphatic imine (C=N–C) groups is 1. The molecule has 5 heteroatoms. The lowest BCUT2D eigenvalue weighted by molar-refractivity contribution is 0.592. The van der Waals surface area contributed by atoms with Crippen LogP contribution < -0.4 is 15.9 Å². The third kappa shape index (κ3) is 4.74. The van der Waals surface area contributed by atoms with E-state index in [4.69, 9.17) is 4.98 Å². The predicted octanol–water partition coefficient (Wildman–Crippen LogP) is 11.8. The van der Waals surface area contributed by atoms with Crippen molar-refractivity contribution in [3.63, 3.8) is 0 Å². The van der Waals surface area contributed by atoms with Gasteiger partial charge < -0.3 is 4.57 Å². The molecular weight excluding hydrogens is 678 g/mol. The fourth-order valence-electron chi connectivity index (χ4n) is 8.33. The number of hydrogen-bond acceptors (Lipinski definition) is 3. The Morgan fingerprint density at radius 2 is 1.35 bits per heavy atom. The second-order valence-electron chi connectivity index (χ2n) is 13.7. The largest absolute Gasteiger partial charge is 0.309 e. The Morgan fingerprint density at radius 1 is 0.630 bits per heavy atom. The highest BCUT2D eigenvalue weighted by atomic mass is 31.2. The molecular formula is C49H34N3OP. The molecule has 256 valence electrons. The zero-order chi connectivity index (χ0) is 36.4. The molecule has 0 saturated carbocycles. The van der Waals surface area contributed by atoms with Crippen molar-refractivity contribution in [2.24, 2.45) is 4.99 Å². The number of pyridine rings is 1. The van der Waals surface area contributed by atoms with Crippen LogP contribution in [0.2, 0.25) is 0 Å². The highest BCUT2D eigenvalue weighted by molar-refractivity contribution is 7.85. The molecule has 0 fully saturated rings. The Balaban J connectivity index is 1.21. The van der Waals surface area contributed by atoms with Crippen LogP contribution in [0.3, 0.4) is 0 Å². The van der Waals surface area contributed by atoms with Crippen molar-refractivity contribution < 1.29 is 4.57 Å². The van der Waals surface area contributed by atoms with Crippen LogP contribution in [0.1, 0.15) is 12.5 Å². The van der Waals surface area contributed by atoms with Gasteiger partial charge in [-0.1, -0.05) is 146 Å². The van der Waals surface area contributed by atoms with E-state index in [1.54, 1.807) is 0 Å². The van der Waals surface area contributed by atoms with Gasteiger partial charge in [0.1, 0.15) is 5.65 Å². The summed E-state index contributed by atoms with van der Waals surface area (Å²) in [5.74, 6) is 0. The van der Waals surface area contributed by atoms with Crippen molar-refractivity contribution in [2.45, 2.75) is 6.92 Å². The van der Waals surface area contributed by atoms with Crippen LogP contribution in [0.25, 0.3) is 77.1 Å². The van der Waals surface area contributed by atoms with Crippen LogP contribution in [-0.4, -0.2) is 16.1 Å². The molecule has 1 atom stereocenters. The number of para-hydroxylation sites is 2. The van der Waals surface area contributed by atoms with Crippen LogP contribution in [0.15, 0.2) is 175 Å². The SMILES string of the molecule is C=Nc1c(-c2ccc3c(ccc4c5ccccc5c5nc6ccccc6n5c34)c2)ccc(P(=O)(c2ccccc2)c2ccc3ccccc3c2)c1/C=C\C. The summed E-state index contributed by atoms with van der Waals surface area (Å²) in [5, 5.41) is 10.2. The second kappa shape index (κ2) is 12.5. The molecule has 0 saturated heterocycles. The molecule has 0 aliphatic rings. The molecule has 0 spiro atoms. The Morgan fingerprint density at radius 3 is 2.19 bits per heavy atom. The van der Waals surface area contributed by atoms with Crippen molar-refractivity contribution in [3.05, 3.63) is 175 Å². The third-order valence-electron chi connectivity index (χ3n) is 10.8. The summed E-state index contributed by atoms with van der Waals surface area (Å²) < 4.78 is 18.3. The number of benzene rings is 8. The smallest absolute Gasteiger partial charge is 0.171 e. The standard InChI is InChI=1S/C49H34N3OP/c1-3-13-43-46(54(53,36-16-5-4-6-17-36)37-25-22-32-14-7-8-15-33(32)31-37)29-28-38(47(43)50-2)34-23-26-39-35(30-34)24-27-41-40-18-9-10-19-42(40)49-51-44-20-11-12-21-45(44)52(49)48(39)41/h3-31H,2H2,1H3/b13-3-. The lowest BCUT2D eigenvalue weighted by Crippen LogP contribution is -2.27. The van der Waals surface area contributed by atoms with Crippen molar-refractivity contribution in [3.8, 4) is 11.1 Å². The van der Waals surface area contributed by atoms with E-state index < -0.39 is 7.14 Å². The average molecular weight is 712 g/mol. The van der Waals surface area contributed by atoms with Crippen molar-refractivity contribution in [1.82, 2.24) is 9.38 Å². The van der Waals surface area contributed by atoms with Gasteiger partial charge in [0.15, 0.2) is 7.14 Å². The molecule has 2 heterocycles. The first-order valence-corrected chi connectivity index (χ1v) is 19.9. The first-order chi connectivity index (χ1) is 26.6. The minimum atomic E-state index is -3.37. The molecule has 0 aliphatic heterocycles. The van der Waals surface area contributed by atoms with E-state index in [0.29, 0.717) is 5.69 Å². The van der Waals surface area contributed by atoms with E-state index in [1.165, 1.54) is 10.8 Å².